The number of rotatable bonds is 4. The Hall–Kier alpha value is -2.53. The van der Waals surface area contributed by atoms with Crippen molar-refractivity contribution in [2.24, 2.45) is 0 Å². The number of hydrogen-bond donors (Lipinski definition) is 4. The summed E-state index contributed by atoms with van der Waals surface area (Å²) in [7, 11) is 0. The Bertz CT molecular complexity index is 643. The first-order valence-corrected chi connectivity index (χ1v) is 6.53. The van der Waals surface area contributed by atoms with Crippen LogP contribution in [0.15, 0.2) is 48.5 Å². The topological polar surface area (TPSA) is 95.6 Å². The Balaban J connectivity index is 2.26. The zero-order chi connectivity index (χ0) is 15.5. The van der Waals surface area contributed by atoms with Gasteiger partial charge in [-0.1, -0.05) is 30.3 Å². The Morgan fingerprint density at radius 1 is 1.24 bits per heavy atom. The van der Waals surface area contributed by atoms with Gasteiger partial charge in [0.25, 0.3) is 5.91 Å². The first kappa shape index (κ1) is 14.9. The van der Waals surface area contributed by atoms with Crippen molar-refractivity contribution in [1.82, 2.24) is 5.32 Å². The van der Waals surface area contributed by atoms with Crippen LogP contribution in [0.2, 0.25) is 0 Å². The van der Waals surface area contributed by atoms with Gasteiger partial charge in [-0.25, -0.2) is 0 Å². The second kappa shape index (κ2) is 5.85. The summed E-state index contributed by atoms with van der Waals surface area (Å²) in [6.45, 7) is 1.49. The molecule has 5 nitrogen and oxygen atoms in total. The lowest BCUT2D eigenvalue weighted by Gasteiger charge is -2.29. The van der Waals surface area contributed by atoms with Crippen LogP contribution in [-0.4, -0.2) is 22.7 Å². The van der Waals surface area contributed by atoms with E-state index in [0.717, 1.165) is 5.56 Å². The summed E-state index contributed by atoms with van der Waals surface area (Å²) in [5.41, 5.74) is 5.88. The van der Waals surface area contributed by atoms with Crippen LogP contribution in [0.1, 0.15) is 22.8 Å². The maximum absolute atomic E-state index is 12.3. The Kier molecular flexibility index (Phi) is 4.14. The van der Waals surface area contributed by atoms with Gasteiger partial charge in [-0.2, -0.15) is 0 Å². The van der Waals surface area contributed by atoms with Crippen LogP contribution in [0, 0.1) is 0 Å². The Morgan fingerprint density at radius 3 is 2.48 bits per heavy atom. The molecule has 5 heteroatoms. The highest BCUT2D eigenvalue weighted by Crippen LogP contribution is 2.23. The molecule has 0 saturated carbocycles. The maximum atomic E-state index is 12.3. The van der Waals surface area contributed by atoms with E-state index >= 15 is 0 Å². The monoisotopic (exact) mass is 286 g/mol. The number of phenols is 1. The van der Waals surface area contributed by atoms with E-state index in [0.29, 0.717) is 0 Å². The van der Waals surface area contributed by atoms with Crippen LogP contribution < -0.4 is 11.1 Å². The first-order valence-electron chi connectivity index (χ1n) is 6.53. The molecule has 5 N–H and O–H groups in total. The highest BCUT2D eigenvalue weighted by Gasteiger charge is 2.28. The molecule has 2 rings (SSSR count). The maximum Gasteiger partial charge on any atom is 0.252 e. The summed E-state index contributed by atoms with van der Waals surface area (Å²) in [5.74, 6) is -0.543. The molecule has 0 spiro atoms. The standard InChI is InChI=1S/C16H18N2O3/c1-16(10-19,12-5-3-2-4-6-12)18-15(21)11-7-8-13(17)14(20)9-11/h2-9,19-20H,10,17H2,1H3,(H,18,21). The third-order valence-electron chi connectivity index (χ3n) is 3.41. The van der Waals surface area contributed by atoms with Gasteiger partial charge in [0.1, 0.15) is 5.75 Å². The number of aromatic hydroxyl groups is 1. The molecule has 0 radical (unpaired) electrons. The lowest BCUT2D eigenvalue weighted by atomic mass is 9.92. The minimum Gasteiger partial charge on any atom is -0.506 e. The number of nitrogens with one attached hydrogen (secondary N) is 1. The van der Waals surface area contributed by atoms with Gasteiger partial charge in [0, 0.05) is 5.56 Å². The van der Waals surface area contributed by atoms with Gasteiger partial charge in [0.05, 0.1) is 17.8 Å². The van der Waals surface area contributed by atoms with Crippen LogP contribution in [0.3, 0.4) is 0 Å². The van der Waals surface area contributed by atoms with Crippen molar-refractivity contribution in [2.75, 3.05) is 12.3 Å². The molecule has 110 valence electrons. The van der Waals surface area contributed by atoms with E-state index < -0.39 is 11.4 Å². The predicted octanol–water partition coefficient (Wildman–Crippen LogP) is 1.61. The largest absolute Gasteiger partial charge is 0.506 e. The number of carbonyl (C=O) groups excluding carboxylic acids is 1. The minimum atomic E-state index is -0.907. The highest BCUT2D eigenvalue weighted by molar-refractivity contribution is 5.95. The summed E-state index contributed by atoms with van der Waals surface area (Å²) in [5, 5.41) is 22.0. The Morgan fingerprint density at radius 2 is 1.90 bits per heavy atom. The second-order valence-corrected chi connectivity index (χ2v) is 5.08. The van der Waals surface area contributed by atoms with Gasteiger partial charge in [0.15, 0.2) is 0 Å². The highest BCUT2D eigenvalue weighted by atomic mass is 16.3. The number of nitrogen functional groups attached to an aromatic ring is 1. The van der Waals surface area contributed by atoms with E-state index in [1.54, 1.807) is 6.92 Å². The zero-order valence-corrected chi connectivity index (χ0v) is 11.7. The molecule has 1 unspecified atom stereocenters. The number of nitrogens with two attached hydrogens (primary N) is 1. The fourth-order valence-corrected chi connectivity index (χ4v) is 2.02. The smallest absolute Gasteiger partial charge is 0.252 e. The molecule has 1 atom stereocenters. The lowest BCUT2D eigenvalue weighted by molar-refractivity contribution is 0.0849. The van der Waals surface area contributed by atoms with Crippen molar-refractivity contribution in [3.63, 3.8) is 0 Å². The molecule has 0 heterocycles. The third-order valence-corrected chi connectivity index (χ3v) is 3.41. The van der Waals surface area contributed by atoms with Crippen molar-refractivity contribution in [1.29, 1.82) is 0 Å². The number of aliphatic hydroxyl groups is 1. The third kappa shape index (κ3) is 3.14. The van der Waals surface area contributed by atoms with Gasteiger partial charge < -0.3 is 21.3 Å². The molecular formula is C16H18N2O3. The minimum absolute atomic E-state index is 0.145. The lowest BCUT2D eigenvalue weighted by Crippen LogP contribution is -2.46. The second-order valence-electron chi connectivity index (χ2n) is 5.08. The van der Waals surface area contributed by atoms with Crippen molar-refractivity contribution >= 4 is 11.6 Å². The number of anilines is 1. The molecule has 1 amide bonds. The van der Waals surface area contributed by atoms with Gasteiger partial charge in [-0.3, -0.25) is 4.79 Å². The molecule has 0 fully saturated rings. The van der Waals surface area contributed by atoms with E-state index in [1.165, 1.54) is 18.2 Å². The number of phenolic OH excluding ortho intramolecular Hbond substituents is 1. The molecule has 0 aromatic heterocycles. The molecule has 21 heavy (non-hydrogen) atoms. The van der Waals surface area contributed by atoms with Crippen molar-refractivity contribution in [2.45, 2.75) is 12.5 Å². The molecule has 0 aliphatic heterocycles. The average molecular weight is 286 g/mol. The quantitative estimate of drug-likeness (QED) is 0.507. The summed E-state index contributed by atoms with van der Waals surface area (Å²) in [6, 6.07) is 13.5. The van der Waals surface area contributed by atoms with Gasteiger partial charge in [0.2, 0.25) is 0 Å². The average Bonchev–Trinajstić information content (AvgIpc) is 2.50. The number of hydrogen-bond acceptors (Lipinski definition) is 4. The molecule has 0 aliphatic carbocycles. The Labute approximate surface area is 123 Å². The molecular weight excluding hydrogens is 268 g/mol. The van der Waals surface area contributed by atoms with E-state index in [2.05, 4.69) is 5.32 Å². The SMILES string of the molecule is CC(CO)(NC(=O)c1ccc(N)c(O)c1)c1ccccc1. The van der Waals surface area contributed by atoms with E-state index in [1.807, 2.05) is 30.3 Å². The molecule has 2 aromatic carbocycles. The number of amides is 1. The van der Waals surface area contributed by atoms with E-state index in [4.69, 9.17) is 5.73 Å². The predicted molar refractivity (Wildman–Crippen MR) is 80.9 cm³/mol. The van der Waals surface area contributed by atoms with Crippen LogP contribution in [0.5, 0.6) is 5.75 Å². The number of aliphatic hydroxyl groups excluding tert-OH is 1. The van der Waals surface area contributed by atoms with Crippen molar-refractivity contribution in [3.05, 3.63) is 59.7 Å². The van der Waals surface area contributed by atoms with Crippen LogP contribution >= 0.6 is 0 Å². The van der Waals surface area contributed by atoms with Crippen molar-refractivity contribution < 1.29 is 15.0 Å². The fraction of sp³-hybridized carbons (Fsp3) is 0.188. The summed E-state index contributed by atoms with van der Waals surface area (Å²) >= 11 is 0. The van der Waals surface area contributed by atoms with Gasteiger partial charge in [-0.05, 0) is 30.7 Å². The van der Waals surface area contributed by atoms with Gasteiger partial charge >= 0.3 is 0 Å². The van der Waals surface area contributed by atoms with Crippen LogP contribution in [0.25, 0.3) is 0 Å². The fourth-order valence-electron chi connectivity index (χ4n) is 2.02. The normalized spacial score (nSPS) is 13.4. The van der Waals surface area contributed by atoms with Crippen molar-refractivity contribution in [3.8, 4) is 5.75 Å². The molecule has 0 aliphatic rings. The zero-order valence-electron chi connectivity index (χ0n) is 11.7. The van der Waals surface area contributed by atoms with Gasteiger partial charge in [-0.15, -0.1) is 0 Å². The number of benzene rings is 2. The van der Waals surface area contributed by atoms with E-state index in [9.17, 15) is 15.0 Å². The first-order chi connectivity index (χ1) is 9.96. The molecule has 0 saturated heterocycles. The molecule has 2 aromatic rings. The summed E-state index contributed by atoms with van der Waals surface area (Å²) < 4.78 is 0. The van der Waals surface area contributed by atoms with Crippen LogP contribution in [0.4, 0.5) is 5.69 Å². The summed E-state index contributed by atoms with van der Waals surface area (Å²) in [6.07, 6.45) is 0. The molecule has 0 bridgehead atoms. The number of carbonyl (C=O) groups is 1. The van der Waals surface area contributed by atoms with E-state index in [-0.39, 0.29) is 23.6 Å². The summed E-state index contributed by atoms with van der Waals surface area (Å²) in [4.78, 5) is 12.3. The van der Waals surface area contributed by atoms with Crippen LogP contribution in [-0.2, 0) is 5.54 Å².